The zero-order valence-corrected chi connectivity index (χ0v) is 15.8. The summed E-state index contributed by atoms with van der Waals surface area (Å²) in [6, 6.07) is 20.4. The summed E-state index contributed by atoms with van der Waals surface area (Å²) in [6.07, 6.45) is 0. The van der Waals surface area contributed by atoms with Gasteiger partial charge >= 0.3 is 0 Å². The number of hydrogen-bond acceptors (Lipinski definition) is 3. The van der Waals surface area contributed by atoms with Crippen LogP contribution in [0.3, 0.4) is 0 Å². The number of hydrogen-bond donors (Lipinski definition) is 1. The molecule has 28 heavy (non-hydrogen) atoms. The van der Waals surface area contributed by atoms with Gasteiger partial charge in [-0.15, -0.1) is 0 Å². The summed E-state index contributed by atoms with van der Waals surface area (Å²) in [5, 5.41) is 5.11. The third-order valence-electron chi connectivity index (χ3n) is 5.31. The number of nitrogens with zero attached hydrogens (tertiary/aromatic N) is 2. The molecule has 0 unspecified atom stereocenters. The van der Waals surface area contributed by atoms with Crippen molar-refractivity contribution in [2.75, 3.05) is 44.2 Å². The molecule has 0 radical (unpaired) electrons. The first-order valence-electron chi connectivity index (χ1n) is 9.69. The van der Waals surface area contributed by atoms with Crippen LogP contribution in [-0.2, 0) is 0 Å². The molecule has 0 atom stereocenters. The standard InChI is InChI=1S/C23H24FN3O/c24-19-8-10-20(11-9-19)27-16-14-26(15-17-27)13-12-25-23(28)22-7-3-5-18-4-1-2-6-21(18)22/h1-11H,12-17H2,(H,25,28). The number of rotatable bonds is 5. The highest BCUT2D eigenvalue weighted by molar-refractivity contribution is 6.06. The van der Waals surface area contributed by atoms with Crippen LogP contribution in [0.4, 0.5) is 10.1 Å². The fourth-order valence-electron chi connectivity index (χ4n) is 3.73. The molecule has 0 aliphatic carbocycles. The summed E-state index contributed by atoms with van der Waals surface area (Å²) >= 11 is 0. The molecular weight excluding hydrogens is 353 g/mol. The van der Waals surface area contributed by atoms with E-state index in [9.17, 15) is 9.18 Å². The molecule has 144 valence electrons. The topological polar surface area (TPSA) is 35.6 Å². The van der Waals surface area contributed by atoms with Crippen LogP contribution >= 0.6 is 0 Å². The predicted molar refractivity (Wildman–Crippen MR) is 111 cm³/mol. The van der Waals surface area contributed by atoms with Crippen LogP contribution in [0.2, 0.25) is 0 Å². The van der Waals surface area contributed by atoms with Gasteiger partial charge in [-0.05, 0) is 41.1 Å². The van der Waals surface area contributed by atoms with Gasteiger partial charge in [0.1, 0.15) is 5.82 Å². The Hall–Kier alpha value is -2.92. The minimum atomic E-state index is -0.204. The first-order chi connectivity index (χ1) is 13.7. The average Bonchev–Trinajstić information content (AvgIpc) is 2.74. The van der Waals surface area contributed by atoms with E-state index in [4.69, 9.17) is 0 Å². The summed E-state index contributed by atoms with van der Waals surface area (Å²) in [4.78, 5) is 17.2. The Kier molecular flexibility index (Phi) is 5.53. The van der Waals surface area contributed by atoms with Crippen molar-refractivity contribution in [3.05, 3.63) is 78.1 Å². The lowest BCUT2D eigenvalue weighted by atomic mass is 10.0. The predicted octanol–water partition coefficient (Wildman–Crippen LogP) is 3.53. The minimum Gasteiger partial charge on any atom is -0.369 e. The Labute approximate surface area is 164 Å². The van der Waals surface area contributed by atoms with Gasteiger partial charge in [0.15, 0.2) is 0 Å². The smallest absolute Gasteiger partial charge is 0.251 e. The second kappa shape index (κ2) is 8.40. The van der Waals surface area contributed by atoms with Gasteiger partial charge in [-0.1, -0.05) is 36.4 Å². The van der Waals surface area contributed by atoms with Gasteiger partial charge in [-0.25, -0.2) is 4.39 Å². The van der Waals surface area contributed by atoms with Crippen LogP contribution in [0.1, 0.15) is 10.4 Å². The molecule has 5 heteroatoms. The van der Waals surface area contributed by atoms with E-state index in [1.807, 2.05) is 54.6 Å². The Morgan fingerprint density at radius 1 is 0.893 bits per heavy atom. The highest BCUT2D eigenvalue weighted by Crippen LogP contribution is 2.19. The van der Waals surface area contributed by atoms with Gasteiger partial charge in [0, 0.05) is 50.5 Å². The number of amides is 1. The summed E-state index contributed by atoms with van der Waals surface area (Å²) in [6.45, 7) is 5.13. The van der Waals surface area contributed by atoms with Crippen molar-refractivity contribution in [2.45, 2.75) is 0 Å². The van der Waals surface area contributed by atoms with Gasteiger partial charge < -0.3 is 10.2 Å². The largest absolute Gasteiger partial charge is 0.369 e. The van der Waals surface area contributed by atoms with Gasteiger partial charge in [0.05, 0.1) is 0 Å². The molecule has 1 N–H and O–H groups in total. The Bertz CT molecular complexity index is 944. The van der Waals surface area contributed by atoms with E-state index in [0.29, 0.717) is 6.54 Å². The molecule has 1 heterocycles. The third kappa shape index (κ3) is 4.15. The van der Waals surface area contributed by atoms with Crippen molar-refractivity contribution in [3.8, 4) is 0 Å². The Morgan fingerprint density at radius 2 is 1.61 bits per heavy atom. The zero-order valence-electron chi connectivity index (χ0n) is 15.8. The highest BCUT2D eigenvalue weighted by atomic mass is 19.1. The maximum absolute atomic E-state index is 13.1. The quantitative estimate of drug-likeness (QED) is 0.739. The van der Waals surface area contributed by atoms with Crippen LogP contribution in [0.15, 0.2) is 66.7 Å². The van der Waals surface area contributed by atoms with Crippen molar-refractivity contribution in [2.24, 2.45) is 0 Å². The van der Waals surface area contributed by atoms with E-state index in [1.54, 1.807) is 0 Å². The van der Waals surface area contributed by atoms with Gasteiger partial charge in [0.25, 0.3) is 5.91 Å². The van der Waals surface area contributed by atoms with E-state index >= 15 is 0 Å². The second-order valence-electron chi connectivity index (χ2n) is 7.09. The fraction of sp³-hybridized carbons (Fsp3) is 0.261. The van der Waals surface area contributed by atoms with E-state index < -0.39 is 0 Å². The summed E-state index contributed by atoms with van der Waals surface area (Å²) in [7, 11) is 0. The van der Waals surface area contributed by atoms with E-state index in [1.165, 1.54) is 12.1 Å². The van der Waals surface area contributed by atoms with Crippen molar-refractivity contribution in [1.82, 2.24) is 10.2 Å². The fourth-order valence-corrected chi connectivity index (χ4v) is 3.73. The lowest BCUT2D eigenvalue weighted by Gasteiger charge is -2.36. The normalized spacial score (nSPS) is 15.0. The van der Waals surface area contributed by atoms with E-state index in [2.05, 4.69) is 15.1 Å². The number of carbonyl (C=O) groups excluding carboxylic acids is 1. The van der Waals surface area contributed by atoms with Gasteiger partial charge in [0.2, 0.25) is 0 Å². The number of halogens is 1. The highest BCUT2D eigenvalue weighted by Gasteiger charge is 2.17. The summed E-state index contributed by atoms with van der Waals surface area (Å²) in [5.41, 5.74) is 1.78. The molecule has 3 aromatic rings. The van der Waals surface area contributed by atoms with Crippen LogP contribution in [0.25, 0.3) is 10.8 Å². The second-order valence-corrected chi connectivity index (χ2v) is 7.09. The van der Waals surface area contributed by atoms with Crippen LogP contribution < -0.4 is 10.2 Å². The minimum absolute atomic E-state index is 0.0262. The molecule has 0 bridgehead atoms. The molecule has 0 saturated carbocycles. The number of carbonyl (C=O) groups is 1. The maximum atomic E-state index is 13.1. The molecule has 1 amide bonds. The van der Waals surface area contributed by atoms with Gasteiger partial charge in [-0.3, -0.25) is 9.69 Å². The van der Waals surface area contributed by atoms with Crippen molar-refractivity contribution >= 4 is 22.4 Å². The lowest BCUT2D eigenvalue weighted by molar-refractivity contribution is 0.0949. The molecule has 4 rings (SSSR count). The first kappa shape index (κ1) is 18.4. The molecule has 4 nitrogen and oxygen atoms in total. The number of fused-ring (bicyclic) bond motifs is 1. The van der Waals surface area contributed by atoms with E-state index in [0.717, 1.165) is 54.7 Å². The first-order valence-corrected chi connectivity index (χ1v) is 9.69. The molecule has 1 fully saturated rings. The monoisotopic (exact) mass is 377 g/mol. The average molecular weight is 377 g/mol. The Morgan fingerprint density at radius 3 is 2.39 bits per heavy atom. The lowest BCUT2D eigenvalue weighted by Crippen LogP contribution is -2.48. The maximum Gasteiger partial charge on any atom is 0.251 e. The van der Waals surface area contributed by atoms with E-state index in [-0.39, 0.29) is 11.7 Å². The van der Waals surface area contributed by atoms with Gasteiger partial charge in [-0.2, -0.15) is 0 Å². The van der Waals surface area contributed by atoms with Crippen LogP contribution in [-0.4, -0.2) is 50.1 Å². The zero-order chi connectivity index (χ0) is 19.3. The third-order valence-corrected chi connectivity index (χ3v) is 5.31. The number of piperazine rings is 1. The molecule has 1 saturated heterocycles. The van der Waals surface area contributed by atoms with Crippen LogP contribution in [0.5, 0.6) is 0 Å². The summed E-state index contributed by atoms with van der Waals surface area (Å²) < 4.78 is 13.1. The summed E-state index contributed by atoms with van der Waals surface area (Å²) in [5.74, 6) is -0.230. The number of benzene rings is 3. The molecule has 1 aliphatic rings. The molecule has 1 aliphatic heterocycles. The molecule has 0 spiro atoms. The number of nitrogens with one attached hydrogen (secondary N) is 1. The number of anilines is 1. The van der Waals surface area contributed by atoms with Crippen molar-refractivity contribution < 1.29 is 9.18 Å². The molecular formula is C23H24FN3O. The SMILES string of the molecule is O=C(NCCN1CCN(c2ccc(F)cc2)CC1)c1cccc2ccccc12. The molecule has 3 aromatic carbocycles. The molecule has 0 aromatic heterocycles. The van der Waals surface area contributed by atoms with Crippen LogP contribution in [0, 0.1) is 5.82 Å². The van der Waals surface area contributed by atoms with Crippen molar-refractivity contribution in [3.63, 3.8) is 0 Å². The van der Waals surface area contributed by atoms with Crippen molar-refractivity contribution in [1.29, 1.82) is 0 Å². The Balaban J connectivity index is 1.27.